The number of nitriles is 1. The summed E-state index contributed by atoms with van der Waals surface area (Å²) in [6.07, 6.45) is 1.57. The lowest BCUT2D eigenvalue weighted by molar-refractivity contribution is 1.04. The Bertz CT molecular complexity index is 2430. The standard InChI is InChI=1S/C36H20N6/c1-38-36-29(21-37)40-34(22-39-36)42-31-16-8-6-13-27(31)35-25(14-9-17-33(35)42)23-18-19-32-28(20-23)26-12-5-7-15-30(26)41(32)24-10-3-2-4-11-24/h2-20,22H. The van der Waals surface area contributed by atoms with E-state index in [1.165, 1.54) is 16.3 Å². The number of para-hydroxylation sites is 3. The third-order valence-electron chi connectivity index (χ3n) is 7.88. The number of fused-ring (bicyclic) bond motifs is 6. The highest BCUT2D eigenvalue weighted by Gasteiger charge is 2.20. The zero-order valence-electron chi connectivity index (χ0n) is 22.2. The van der Waals surface area contributed by atoms with E-state index in [4.69, 9.17) is 6.57 Å². The maximum Gasteiger partial charge on any atom is 0.306 e. The summed E-state index contributed by atoms with van der Waals surface area (Å²) in [7, 11) is 0. The maximum absolute atomic E-state index is 9.62. The predicted molar refractivity (Wildman–Crippen MR) is 167 cm³/mol. The van der Waals surface area contributed by atoms with Gasteiger partial charge in [0.1, 0.15) is 6.07 Å². The fraction of sp³-hybridized carbons (Fsp3) is 0. The van der Waals surface area contributed by atoms with Crippen molar-refractivity contribution in [3.63, 3.8) is 0 Å². The van der Waals surface area contributed by atoms with Gasteiger partial charge in [-0.15, -0.1) is 4.98 Å². The zero-order valence-corrected chi connectivity index (χ0v) is 22.2. The molecule has 194 valence electrons. The van der Waals surface area contributed by atoms with Gasteiger partial charge in [0.15, 0.2) is 17.7 Å². The fourth-order valence-electron chi connectivity index (χ4n) is 6.14. The minimum absolute atomic E-state index is 0.00525. The molecule has 0 aliphatic carbocycles. The Balaban J connectivity index is 1.41. The van der Waals surface area contributed by atoms with Crippen LogP contribution in [0.5, 0.6) is 0 Å². The van der Waals surface area contributed by atoms with Crippen LogP contribution in [0.3, 0.4) is 0 Å². The van der Waals surface area contributed by atoms with Gasteiger partial charge in [0.2, 0.25) is 0 Å². The molecule has 3 aromatic heterocycles. The highest BCUT2D eigenvalue weighted by molar-refractivity contribution is 6.17. The number of benzene rings is 5. The average molecular weight is 537 g/mol. The topological polar surface area (TPSA) is 63.8 Å². The summed E-state index contributed by atoms with van der Waals surface area (Å²) in [6.45, 7) is 7.34. The van der Waals surface area contributed by atoms with E-state index in [-0.39, 0.29) is 11.5 Å². The van der Waals surface area contributed by atoms with Crippen LogP contribution in [0.1, 0.15) is 5.69 Å². The van der Waals surface area contributed by atoms with Crippen LogP contribution in [0, 0.1) is 17.9 Å². The van der Waals surface area contributed by atoms with Crippen molar-refractivity contribution < 1.29 is 0 Å². The lowest BCUT2D eigenvalue weighted by atomic mass is 9.98. The Labute approximate surface area is 240 Å². The number of nitrogens with zero attached hydrogens (tertiary/aromatic N) is 6. The van der Waals surface area contributed by atoms with E-state index in [1.54, 1.807) is 6.20 Å². The molecule has 8 rings (SSSR count). The van der Waals surface area contributed by atoms with Crippen molar-refractivity contribution in [1.29, 1.82) is 5.26 Å². The molecule has 0 N–H and O–H groups in total. The van der Waals surface area contributed by atoms with Crippen molar-refractivity contribution in [2.24, 2.45) is 0 Å². The molecule has 0 saturated heterocycles. The molecule has 0 unspecified atom stereocenters. The number of aromatic nitrogens is 4. The smallest absolute Gasteiger partial charge is 0.306 e. The average Bonchev–Trinajstić information content (AvgIpc) is 3.57. The first-order chi connectivity index (χ1) is 20.8. The molecule has 0 aliphatic rings. The van der Waals surface area contributed by atoms with Crippen molar-refractivity contribution in [2.45, 2.75) is 0 Å². The maximum atomic E-state index is 9.62. The van der Waals surface area contributed by atoms with Gasteiger partial charge in [-0.05, 0) is 53.6 Å². The van der Waals surface area contributed by atoms with E-state index in [9.17, 15) is 5.26 Å². The van der Waals surface area contributed by atoms with Gasteiger partial charge < -0.3 is 9.41 Å². The molecule has 0 spiro atoms. The van der Waals surface area contributed by atoms with Crippen molar-refractivity contribution in [2.75, 3.05) is 0 Å². The second-order valence-electron chi connectivity index (χ2n) is 10.1. The Morgan fingerprint density at radius 1 is 0.667 bits per heavy atom. The normalized spacial score (nSPS) is 11.3. The van der Waals surface area contributed by atoms with E-state index in [1.807, 2.05) is 34.9 Å². The lowest BCUT2D eigenvalue weighted by Gasteiger charge is -2.09. The third kappa shape index (κ3) is 3.37. The monoisotopic (exact) mass is 536 g/mol. The van der Waals surface area contributed by atoms with E-state index >= 15 is 0 Å². The van der Waals surface area contributed by atoms with E-state index in [0.29, 0.717) is 5.82 Å². The van der Waals surface area contributed by atoms with Crippen LogP contribution < -0.4 is 0 Å². The van der Waals surface area contributed by atoms with E-state index in [0.717, 1.165) is 44.1 Å². The Hall–Kier alpha value is -6.24. The molecule has 42 heavy (non-hydrogen) atoms. The molecule has 5 aromatic carbocycles. The fourth-order valence-corrected chi connectivity index (χ4v) is 6.14. The first-order valence-corrected chi connectivity index (χ1v) is 13.5. The Kier molecular flexibility index (Phi) is 5.15. The summed E-state index contributed by atoms with van der Waals surface area (Å²) in [6, 6.07) is 42.2. The SMILES string of the molecule is [C-]#[N+]c1ncc(-n2c3ccccc3c3c(-c4ccc5c(c4)c4ccccc4n5-c4ccccc4)cccc32)nc1C#N. The molecule has 0 atom stereocenters. The van der Waals surface area contributed by atoms with Crippen molar-refractivity contribution in [1.82, 2.24) is 19.1 Å². The predicted octanol–water partition coefficient (Wildman–Crippen LogP) is 8.76. The first kappa shape index (κ1) is 23.6. The summed E-state index contributed by atoms with van der Waals surface area (Å²) in [4.78, 5) is 12.1. The number of hydrogen-bond donors (Lipinski definition) is 0. The van der Waals surface area contributed by atoms with Gasteiger partial charge in [0.05, 0.1) is 22.1 Å². The highest BCUT2D eigenvalue weighted by Crippen LogP contribution is 2.40. The molecular weight excluding hydrogens is 516 g/mol. The van der Waals surface area contributed by atoms with Crippen LogP contribution in [0.4, 0.5) is 5.82 Å². The van der Waals surface area contributed by atoms with Gasteiger partial charge in [-0.25, -0.2) is 4.98 Å². The molecule has 0 fully saturated rings. The van der Waals surface area contributed by atoms with Gasteiger partial charge in [-0.2, -0.15) is 5.26 Å². The Morgan fingerprint density at radius 2 is 1.36 bits per heavy atom. The van der Waals surface area contributed by atoms with Crippen LogP contribution >= 0.6 is 0 Å². The van der Waals surface area contributed by atoms with Gasteiger partial charge in [-0.3, -0.25) is 4.57 Å². The van der Waals surface area contributed by atoms with Gasteiger partial charge in [0, 0.05) is 27.2 Å². The zero-order chi connectivity index (χ0) is 28.2. The summed E-state index contributed by atoms with van der Waals surface area (Å²) in [5, 5.41) is 14.2. The minimum atomic E-state index is 0.00525. The van der Waals surface area contributed by atoms with Crippen LogP contribution in [0.25, 0.3) is 71.1 Å². The van der Waals surface area contributed by atoms with Crippen molar-refractivity contribution in [3.8, 4) is 28.7 Å². The third-order valence-corrected chi connectivity index (χ3v) is 7.88. The van der Waals surface area contributed by atoms with Crippen molar-refractivity contribution >= 4 is 49.4 Å². The molecule has 0 amide bonds. The Morgan fingerprint density at radius 3 is 2.14 bits per heavy atom. The summed E-state index contributed by atoms with van der Waals surface area (Å²) in [5.41, 5.74) is 7.59. The molecule has 0 aliphatic heterocycles. The molecule has 8 aromatic rings. The molecule has 0 bridgehead atoms. The minimum Gasteiger partial charge on any atom is -0.358 e. The molecular formula is C36H20N6. The summed E-state index contributed by atoms with van der Waals surface area (Å²) in [5.74, 6) is 0.509. The van der Waals surface area contributed by atoms with E-state index in [2.05, 4.69) is 110 Å². The molecule has 0 saturated carbocycles. The number of hydrogen-bond acceptors (Lipinski definition) is 3. The first-order valence-electron chi connectivity index (χ1n) is 13.5. The van der Waals surface area contributed by atoms with Gasteiger partial charge >= 0.3 is 5.82 Å². The van der Waals surface area contributed by atoms with Crippen LogP contribution in [-0.4, -0.2) is 19.1 Å². The van der Waals surface area contributed by atoms with Crippen LogP contribution in [-0.2, 0) is 0 Å². The quantitative estimate of drug-likeness (QED) is 0.212. The second kappa shape index (κ2) is 9.16. The molecule has 0 radical (unpaired) electrons. The van der Waals surface area contributed by atoms with Gasteiger partial charge in [0.25, 0.3) is 0 Å². The molecule has 6 heteroatoms. The van der Waals surface area contributed by atoms with Crippen LogP contribution in [0.2, 0.25) is 0 Å². The molecule has 3 heterocycles. The summed E-state index contributed by atoms with van der Waals surface area (Å²) < 4.78 is 4.34. The number of rotatable bonds is 3. The lowest BCUT2D eigenvalue weighted by Crippen LogP contribution is -2.00. The second-order valence-corrected chi connectivity index (χ2v) is 10.1. The summed E-state index contributed by atoms with van der Waals surface area (Å²) >= 11 is 0. The van der Waals surface area contributed by atoms with Crippen molar-refractivity contribution in [3.05, 3.63) is 139 Å². The molecule has 6 nitrogen and oxygen atoms in total. The van der Waals surface area contributed by atoms with Crippen LogP contribution in [0.15, 0.2) is 121 Å². The highest BCUT2D eigenvalue weighted by atomic mass is 15.1. The van der Waals surface area contributed by atoms with Gasteiger partial charge in [-0.1, -0.05) is 79.4 Å². The largest absolute Gasteiger partial charge is 0.358 e. The van der Waals surface area contributed by atoms with E-state index < -0.39 is 0 Å².